The van der Waals surface area contributed by atoms with E-state index < -0.39 is 11.4 Å². The number of halogens is 1. The molecule has 0 aliphatic heterocycles. The third-order valence-electron chi connectivity index (χ3n) is 10.1. The maximum absolute atomic E-state index is 14.2. The fourth-order valence-electron chi connectivity index (χ4n) is 7.69. The molecule has 6 nitrogen and oxygen atoms in total. The monoisotopic (exact) mass is 571 g/mol. The van der Waals surface area contributed by atoms with Crippen molar-refractivity contribution in [3.8, 4) is 22.3 Å². The summed E-state index contributed by atoms with van der Waals surface area (Å²) in [6.45, 7) is 0.481. The van der Waals surface area contributed by atoms with Gasteiger partial charge in [-0.05, 0) is 89.6 Å². The molecule has 4 aliphatic rings. The second-order valence-electron chi connectivity index (χ2n) is 12.8. The van der Waals surface area contributed by atoms with Gasteiger partial charge in [0.05, 0.1) is 29.2 Å². The Bertz CT molecular complexity index is 1910. The van der Waals surface area contributed by atoms with Crippen molar-refractivity contribution >= 4 is 22.8 Å². The first-order chi connectivity index (χ1) is 20.8. The number of carbonyl (C=O) groups is 2. The minimum atomic E-state index is -0.721. The molecule has 4 fully saturated rings. The van der Waals surface area contributed by atoms with Crippen LogP contribution in [0.5, 0.6) is 0 Å². The molecule has 4 aliphatic carbocycles. The summed E-state index contributed by atoms with van der Waals surface area (Å²) in [7, 11) is 0. The minimum Gasteiger partial charge on any atom is -0.481 e. The van der Waals surface area contributed by atoms with Crippen LogP contribution in [0.25, 0.3) is 33.2 Å². The number of fused-ring (bicyclic) bond motifs is 1. The number of aromatic nitrogens is 2. The second-order valence-corrected chi connectivity index (χ2v) is 12.8. The van der Waals surface area contributed by atoms with E-state index in [0.29, 0.717) is 36.9 Å². The molecule has 0 radical (unpaired) electrons. The number of rotatable bonds is 8. The van der Waals surface area contributed by atoms with E-state index in [1.807, 2.05) is 41.1 Å². The highest BCUT2D eigenvalue weighted by Crippen LogP contribution is 2.81. The van der Waals surface area contributed by atoms with Crippen molar-refractivity contribution in [2.24, 2.45) is 10.8 Å². The lowest BCUT2D eigenvalue weighted by Crippen LogP contribution is -2.73. The van der Waals surface area contributed by atoms with Gasteiger partial charge in [0.2, 0.25) is 0 Å². The summed E-state index contributed by atoms with van der Waals surface area (Å²) in [6.07, 6.45) is 5.36. The van der Waals surface area contributed by atoms with Crippen LogP contribution >= 0.6 is 0 Å². The van der Waals surface area contributed by atoms with Gasteiger partial charge in [-0.25, -0.2) is 4.39 Å². The zero-order valence-corrected chi connectivity index (χ0v) is 23.5. The van der Waals surface area contributed by atoms with Crippen LogP contribution in [-0.2, 0) is 11.3 Å². The topological polar surface area (TPSA) is 84.2 Å². The first-order valence-corrected chi connectivity index (χ1v) is 14.7. The number of carboxylic acids is 1. The highest BCUT2D eigenvalue weighted by Gasteiger charge is 2.81. The normalized spacial score (nSPS) is 22.8. The second kappa shape index (κ2) is 9.11. The van der Waals surface area contributed by atoms with Gasteiger partial charge in [-0.15, -0.1) is 0 Å². The number of hydrogen-bond donors (Lipinski definition) is 2. The van der Waals surface area contributed by atoms with Gasteiger partial charge in [-0.2, -0.15) is 5.10 Å². The van der Waals surface area contributed by atoms with E-state index in [9.17, 15) is 19.1 Å². The number of nitrogens with one attached hydrogen (secondary N) is 1. The SMILES string of the molecule is O=C(NC1(C23CC(C(=O)O)(C2)C3)CC1)c1cc(-c2cccc(F)c2)cc2cnn(Cc3ccc(-c4ccccc4)cc3)c12. The van der Waals surface area contributed by atoms with Crippen molar-refractivity contribution in [1.82, 2.24) is 15.1 Å². The Balaban J connectivity index is 1.14. The Morgan fingerprint density at radius 2 is 1.53 bits per heavy atom. The molecule has 1 amide bonds. The smallest absolute Gasteiger partial charge is 0.309 e. The largest absolute Gasteiger partial charge is 0.481 e. The van der Waals surface area contributed by atoms with Crippen LogP contribution in [0.15, 0.2) is 97.2 Å². The molecule has 4 saturated carbocycles. The van der Waals surface area contributed by atoms with Gasteiger partial charge in [-0.1, -0.05) is 66.7 Å². The van der Waals surface area contributed by atoms with Gasteiger partial charge < -0.3 is 10.4 Å². The van der Waals surface area contributed by atoms with E-state index in [-0.39, 0.29) is 22.7 Å². The third kappa shape index (κ3) is 4.02. The number of benzene rings is 4. The number of nitrogens with zero attached hydrogens (tertiary/aromatic N) is 2. The zero-order chi connectivity index (χ0) is 29.4. The molecule has 1 aromatic heterocycles. The van der Waals surface area contributed by atoms with Crippen molar-refractivity contribution < 1.29 is 19.1 Å². The number of aliphatic carboxylic acids is 1. The lowest BCUT2D eigenvalue weighted by Gasteiger charge is -2.71. The Morgan fingerprint density at radius 1 is 0.837 bits per heavy atom. The predicted octanol–water partition coefficient (Wildman–Crippen LogP) is 7.08. The molecular weight excluding hydrogens is 541 g/mol. The van der Waals surface area contributed by atoms with Gasteiger partial charge in [0, 0.05) is 10.9 Å². The number of hydrogen-bond acceptors (Lipinski definition) is 3. The molecule has 2 bridgehead atoms. The molecule has 0 atom stereocenters. The van der Waals surface area contributed by atoms with E-state index in [2.05, 4.69) is 46.8 Å². The molecule has 0 spiro atoms. The molecule has 5 aromatic rings. The van der Waals surface area contributed by atoms with Crippen molar-refractivity contribution in [2.75, 3.05) is 0 Å². The van der Waals surface area contributed by atoms with Gasteiger partial charge in [0.15, 0.2) is 0 Å². The molecule has 0 saturated heterocycles. The summed E-state index contributed by atoms with van der Waals surface area (Å²) in [5.74, 6) is -1.26. The van der Waals surface area contributed by atoms with Crippen molar-refractivity contribution in [3.05, 3.63) is 114 Å². The zero-order valence-electron chi connectivity index (χ0n) is 23.5. The van der Waals surface area contributed by atoms with Gasteiger partial charge in [0.25, 0.3) is 5.91 Å². The molecule has 214 valence electrons. The van der Waals surface area contributed by atoms with Crippen LogP contribution in [0.4, 0.5) is 4.39 Å². The minimum absolute atomic E-state index is 0.124. The first-order valence-electron chi connectivity index (χ1n) is 14.7. The highest BCUT2D eigenvalue weighted by molar-refractivity contribution is 6.08. The number of carbonyl (C=O) groups excluding carboxylic acids is 1. The lowest BCUT2D eigenvalue weighted by molar-refractivity contribution is -0.236. The average Bonchev–Trinajstić information content (AvgIpc) is 3.62. The maximum atomic E-state index is 14.2. The quantitative estimate of drug-likeness (QED) is 0.209. The van der Waals surface area contributed by atoms with Crippen LogP contribution in [-0.4, -0.2) is 32.3 Å². The highest BCUT2D eigenvalue weighted by atomic mass is 19.1. The number of carboxylic acid groups (broad SMARTS) is 1. The fraction of sp³-hybridized carbons (Fsp3) is 0.250. The van der Waals surface area contributed by atoms with Crippen molar-refractivity contribution in [2.45, 2.75) is 44.2 Å². The van der Waals surface area contributed by atoms with Crippen molar-refractivity contribution in [1.29, 1.82) is 0 Å². The van der Waals surface area contributed by atoms with E-state index in [0.717, 1.165) is 46.0 Å². The molecule has 43 heavy (non-hydrogen) atoms. The van der Waals surface area contributed by atoms with Crippen LogP contribution in [0.2, 0.25) is 0 Å². The Kier molecular flexibility index (Phi) is 5.48. The van der Waals surface area contributed by atoms with E-state index >= 15 is 0 Å². The Labute approximate surface area is 248 Å². The summed E-state index contributed by atoms with van der Waals surface area (Å²) in [5.41, 5.74) is 4.88. The molecule has 7 heteroatoms. The van der Waals surface area contributed by atoms with E-state index in [4.69, 9.17) is 0 Å². The van der Waals surface area contributed by atoms with E-state index in [1.165, 1.54) is 12.1 Å². The summed E-state index contributed by atoms with van der Waals surface area (Å²) in [5, 5.41) is 18.5. The Morgan fingerprint density at radius 3 is 2.21 bits per heavy atom. The summed E-state index contributed by atoms with van der Waals surface area (Å²) in [6, 6.07) is 28.7. The molecule has 2 N–H and O–H groups in total. The molecule has 4 aromatic carbocycles. The van der Waals surface area contributed by atoms with Gasteiger partial charge >= 0.3 is 5.97 Å². The molecule has 9 rings (SSSR count). The average molecular weight is 572 g/mol. The molecule has 0 unspecified atom stereocenters. The van der Waals surface area contributed by atoms with Crippen LogP contribution in [0.3, 0.4) is 0 Å². The van der Waals surface area contributed by atoms with Gasteiger partial charge in [-0.3, -0.25) is 14.3 Å². The van der Waals surface area contributed by atoms with Crippen LogP contribution < -0.4 is 5.32 Å². The molecule has 1 heterocycles. The summed E-state index contributed by atoms with van der Waals surface area (Å²) < 4.78 is 16.0. The summed E-state index contributed by atoms with van der Waals surface area (Å²) >= 11 is 0. The fourth-order valence-corrected chi connectivity index (χ4v) is 7.69. The van der Waals surface area contributed by atoms with Crippen molar-refractivity contribution in [3.63, 3.8) is 0 Å². The third-order valence-corrected chi connectivity index (χ3v) is 10.1. The lowest BCUT2D eigenvalue weighted by atomic mass is 9.32. The number of amides is 1. The molecular formula is C36H30FN3O3. The van der Waals surface area contributed by atoms with Crippen LogP contribution in [0, 0.1) is 16.6 Å². The Hall–Kier alpha value is -4.78. The van der Waals surface area contributed by atoms with Crippen LogP contribution in [0.1, 0.15) is 48.0 Å². The first kappa shape index (κ1) is 25.9. The van der Waals surface area contributed by atoms with E-state index in [1.54, 1.807) is 12.3 Å². The standard InChI is InChI=1S/C36H30FN3O3/c37-29-8-4-7-26(16-29)27-15-28-18-38-40(19-23-9-11-25(12-10-23)24-5-2-1-3-6-24)31(28)30(17-27)32(41)39-36(13-14-36)35-20-34(21-35,22-35)33(42)43/h1-12,15-18H,13-14,19-22H2,(H,39,41)(H,42,43). The maximum Gasteiger partial charge on any atom is 0.309 e. The van der Waals surface area contributed by atoms with Gasteiger partial charge in [0.1, 0.15) is 5.82 Å². The summed E-state index contributed by atoms with van der Waals surface area (Å²) in [4.78, 5) is 25.9. The predicted molar refractivity (Wildman–Crippen MR) is 162 cm³/mol.